The van der Waals surface area contributed by atoms with Crippen LogP contribution in [0, 0.1) is 0 Å². The molecule has 2 rings (SSSR count). The van der Waals surface area contributed by atoms with Gasteiger partial charge in [0.15, 0.2) is 5.17 Å². The molecule has 1 aromatic rings. The average Bonchev–Trinajstić information content (AvgIpc) is 2.95. The summed E-state index contributed by atoms with van der Waals surface area (Å²) in [4.78, 5) is 20.0. The van der Waals surface area contributed by atoms with Crippen molar-refractivity contribution >= 4 is 28.9 Å². The van der Waals surface area contributed by atoms with Gasteiger partial charge in [0.2, 0.25) is 0 Å². The molecular formula is C20H28N2O3S. The third kappa shape index (κ3) is 5.04. The van der Waals surface area contributed by atoms with Gasteiger partial charge < -0.3 is 9.47 Å². The first kappa shape index (κ1) is 20.4. The SMILES string of the molecule is CCCCN=C1SC(=Cc2ccc(OC)cc2OC)C(=O)N1CCCC. The van der Waals surface area contributed by atoms with E-state index in [1.165, 1.54) is 11.8 Å². The van der Waals surface area contributed by atoms with Gasteiger partial charge in [-0.3, -0.25) is 14.7 Å². The molecule has 1 saturated heterocycles. The molecule has 0 spiro atoms. The third-order valence-corrected chi connectivity index (χ3v) is 5.15. The Labute approximate surface area is 160 Å². The molecule has 142 valence electrons. The van der Waals surface area contributed by atoms with E-state index in [-0.39, 0.29) is 5.91 Å². The highest BCUT2D eigenvalue weighted by atomic mass is 32.2. The Morgan fingerprint density at radius 1 is 1.15 bits per heavy atom. The Bertz CT molecular complexity index is 686. The first-order valence-electron chi connectivity index (χ1n) is 9.12. The Morgan fingerprint density at radius 2 is 1.92 bits per heavy atom. The van der Waals surface area contributed by atoms with Crippen LogP contribution in [-0.4, -0.2) is 43.3 Å². The first-order valence-corrected chi connectivity index (χ1v) is 9.94. The van der Waals surface area contributed by atoms with E-state index in [1.54, 1.807) is 14.2 Å². The minimum absolute atomic E-state index is 0.0246. The van der Waals surface area contributed by atoms with E-state index in [0.29, 0.717) is 17.2 Å². The number of amides is 1. The van der Waals surface area contributed by atoms with Crippen LogP contribution in [0.4, 0.5) is 0 Å². The lowest BCUT2D eigenvalue weighted by Crippen LogP contribution is -2.30. The first-order chi connectivity index (χ1) is 12.6. The lowest BCUT2D eigenvalue weighted by molar-refractivity contribution is -0.122. The van der Waals surface area contributed by atoms with E-state index in [1.807, 2.05) is 29.2 Å². The number of amidine groups is 1. The fraction of sp³-hybridized carbons (Fsp3) is 0.500. The van der Waals surface area contributed by atoms with Crippen molar-refractivity contribution in [3.05, 3.63) is 28.7 Å². The molecule has 0 atom stereocenters. The lowest BCUT2D eigenvalue weighted by Gasteiger charge is -2.14. The van der Waals surface area contributed by atoms with E-state index in [0.717, 1.165) is 48.7 Å². The number of nitrogens with zero attached hydrogens (tertiary/aromatic N) is 2. The highest BCUT2D eigenvalue weighted by Gasteiger charge is 2.32. The summed E-state index contributed by atoms with van der Waals surface area (Å²) in [5, 5.41) is 0.815. The Morgan fingerprint density at radius 3 is 2.58 bits per heavy atom. The van der Waals surface area contributed by atoms with E-state index in [9.17, 15) is 4.79 Å². The van der Waals surface area contributed by atoms with Gasteiger partial charge in [-0.05, 0) is 42.8 Å². The zero-order valence-corrected chi connectivity index (χ0v) is 16.9. The van der Waals surface area contributed by atoms with Gasteiger partial charge in [0.25, 0.3) is 5.91 Å². The van der Waals surface area contributed by atoms with Crippen LogP contribution < -0.4 is 9.47 Å². The number of carbonyl (C=O) groups excluding carboxylic acids is 1. The largest absolute Gasteiger partial charge is 0.497 e. The minimum Gasteiger partial charge on any atom is -0.497 e. The van der Waals surface area contributed by atoms with Gasteiger partial charge in [-0.15, -0.1) is 0 Å². The third-order valence-electron chi connectivity index (χ3n) is 4.11. The van der Waals surface area contributed by atoms with Gasteiger partial charge in [0.1, 0.15) is 11.5 Å². The van der Waals surface area contributed by atoms with Crippen molar-refractivity contribution in [1.29, 1.82) is 0 Å². The molecule has 0 radical (unpaired) electrons. The minimum atomic E-state index is 0.0246. The fourth-order valence-corrected chi connectivity index (χ4v) is 3.57. The summed E-state index contributed by atoms with van der Waals surface area (Å²) < 4.78 is 10.7. The molecule has 0 saturated carbocycles. The molecule has 0 aromatic heterocycles. The topological polar surface area (TPSA) is 51.1 Å². The number of aliphatic imine (C=N–C) groups is 1. The Kier molecular flexibility index (Phi) is 8.04. The molecule has 1 aliphatic heterocycles. The number of benzene rings is 1. The maximum Gasteiger partial charge on any atom is 0.266 e. The number of rotatable bonds is 9. The van der Waals surface area contributed by atoms with E-state index in [4.69, 9.17) is 9.47 Å². The monoisotopic (exact) mass is 376 g/mol. The quantitative estimate of drug-likeness (QED) is 0.468. The van der Waals surface area contributed by atoms with E-state index in [2.05, 4.69) is 18.8 Å². The average molecular weight is 377 g/mol. The van der Waals surface area contributed by atoms with Crippen molar-refractivity contribution in [2.24, 2.45) is 4.99 Å². The van der Waals surface area contributed by atoms with Crippen molar-refractivity contribution in [3.8, 4) is 11.5 Å². The van der Waals surface area contributed by atoms with Crippen LogP contribution in [0.1, 0.15) is 45.1 Å². The highest BCUT2D eigenvalue weighted by Crippen LogP contribution is 2.35. The predicted octanol–water partition coefficient (Wildman–Crippen LogP) is 4.58. The number of hydrogen-bond acceptors (Lipinski definition) is 5. The van der Waals surface area contributed by atoms with Crippen molar-refractivity contribution in [2.75, 3.05) is 27.3 Å². The van der Waals surface area contributed by atoms with Crippen LogP contribution in [0.2, 0.25) is 0 Å². The van der Waals surface area contributed by atoms with Crippen molar-refractivity contribution in [1.82, 2.24) is 4.90 Å². The highest BCUT2D eigenvalue weighted by molar-refractivity contribution is 8.18. The summed E-state index contributed by atoms with van der Waals surface area (Å²) in [6, 6.07) is 5.59. The van der Waals surface area contributed by atoms with Crippen LogP contribution in [-0.2, 0) is 4.79 Å². The summed E-state index contributed by atoms with van der Waals surface area (Å²) in [6.07, 6.45) is 6.02. The molecule has 1 fully saturated rings. The number of unbranched alkanes of at least 4 members (excludes halogenated alkanes) is 2. The van der Waals surface area contributed by atoms with Gasteiger partial charge >= 0.3 is 0 Å². The van der Waals surface area contributed by atoms with Crippen molar-refractivity contribution in [3.63, 3.8) is 0 Å². The standard InChI is InChI=1S/C20H28N2O3S/c1-5-7-11-21-20-22(12-8-6-2)19(23)18(26-20)13-15-9-10-16(24-3)14-17(15)25-4/h9-10,13-14H,5-8,11-12H2,1-4H3. The molecule has 1 heterocycles. The lowest BCUT2D eigenvalue weighted by atomic mass is 10.1. The number of thioether (sulfide) groups is 1. The second-order valence-electron chi connectivity index (χ2n) is 6.05. The second kappa shape index (κ2) is 10.3. The second-order valence-corrected chi connectivity index (χ2v) is 7.06. The number of methoxy groups -OCH3 is 2. The molecule has 1 aromatic carbocycles. The van der Waals surface area contributed by atoms with E-state index >= 15 is 0 Å². The van der Waals surface area contributed by atoms with Gasteiger partial charge in [-0.2, -0.15) is 0 Å². The van der Waals surface area contributed by atoms with Gasteiger partial charge in [0.05, 0.1) is 19.1 Å². The molecule has 0 N–H and O–H groups in total. The number of ether oxygens (including phenoxy) is 2. The molecule has 0 aliphatic carbocycles. The summed E-state index contributed by atoms with van der Waals surface area (Å²) in [5.41, 5.74) is 0.856. The Balaban J connectivity index is 2.29. The Hall–Kier alpha value is -1.95. The van der Waals surface area contributed by atoms with Gasteiger partial charge in [-0.25, -0.2) is 0 Å². The van der Waals surface area contributed by atoms with Crippen LogP contribution in [0.3, 0.4) is 0 Å². The zero-order chi connectivity index (χ0) is 18.9. The van der Waals surface area contributed by atoms with E-state index < -0.39 is 0 Å². The van der Waals surface area contributed by atoms with Crippen LogP contribution >= 0.6 is 11.8 Å². The maximum absolute atomic E-state index is 12.9. The summed E-state index contributed by atoms with van der Waals surface area (Å²) >= 11 is 1.45. The molecule has 1 amide bonds. The fourth-order valence-electron chi connectivity index (χ4n) is 2.55. The number of hydrogen-bond donors (Lipinski definition) is 0. The summed E-state index contributed by atoms with van der Waals surface area (Å²) in [7, 11) is 3.24. The maximum atomic E-state index is 12.9. The smallest absolute Gasteiger partial charge is 0.266 e. The summed E-state index contributed by atoms with van der Waals surface area (Å²) in [5.74, 6) is 1.43. The molecular weight excluding hydrogens is 348 g/mol. The normalized spacial score (nSPS) is 17.4. The molecule has 5 nitrogen and oxygen atoms in total. The summed E-state index contributed by atoms with van der Waals surface area (Å²) in [6.45, 7) is 5.74. The van der Waals surface area contributed by atoms with Crippen molar-refractivity contribution in [2.45, 2.75) is 39.5 Å². The number of carbonyl (C=O) groups is 1. The van der Waals surface area contributed by atoms with Crippen molar-refractivity contribution < 1.29 is 14.3 Å². The molecule has 0 unspecified atom stereocenters. The van der Waals surface area contributed by atoms with Crippen LogP contribution in [0.15, 0.2) is 28.1 Å². The molecule has 0 bridgehead atoms. The van der Waals surface area contributed by atoms with Gasteiger partial charge in [-0.1, -0.05) is 26.7 Å². The molecule has 6 heteroatoms. The molecule has 26 heavy (non-hydrogen) atoms. The van der Waals surface area contributed by atoms with Gasteiger partial charge in [0, 0.05) is 24.7 Å². The zero-order valence-electron chi connectivity index (χ0n) is 16.1. The molecule has 1 aliphatic rings. The van der Waals surface area contributed by atoms with Crippen LogP contribution in [0.25, 0.3) is 6.08 Å². The predicted molar refractivity (Wildman–Crippen MR) is 109 cm³/mol. The van der Waals surface area contributed by atoms with Crippen LogP contribution in [0.5, 0.6) is 11.5 Å².